The summed E-state index contributed by atoms with van der Waals surface area (Å²) in [6.07, 6.45) is 4.41. The molecular weight excluding hydrogens is 371 g/mol. The highest BCUT2D eigenvalue weighted by molar-refractivity contribution is 6.02. The summed E-state index contributed by atoms with van der Waals surface area (Å²) >= 11 is 0. The molecular formula is C18H16F3N7. The van der Waals surface area contributed by atoms with Crippen molar-refractivity contribution in [3.63, 3.8) is 0 Å². The van der Waals surface area contributed by atoms with Crippen molar-refractivity contribution in [3.05, 3.63) is 48.7 Å². The van der Waals surface area contributed by atoms with E-state index in [4.69, 9.17) is 0 Å². The van der Waals surface area contributed by atoms with Crippen LogP contribution in [0.3, 0.4) is 0 Å². The Balaban J connectivity index is 1.81. The van der Waals surface area contributed by atoms with Gasteiger partial charge in [0.2, 0.25) is 0 Å². The van der Waals surface area contributed by atoms with Crippen molar-refractivity contribution in [1.29, 1.82) is 0 Å². The van der Waals surface area contributed by atoms with E-state index in [1.807, 2.05) is 0 Å². The van der Waals surface area contributed by atoms with Crippen LogP contribution in [0.25, 0.3) is 21.9 Å². The van der Waals surface area contributed by atoms with E-state index in [-0.39, 0.29) is 19.6 Å². The first-order valence-electron chi connectivity index (χ1n) is 8.76. The summed E-state index contributed by atoms with van der Waals surface area (Å²) in [7, 11) is 1.66. The molecule has 1 aromatic carbocycles. The fraction of sp³-hybridized carbons (Fsp3) is 0.333. The van der Waals surface area contributed by atoms with E-state index >= 15 is 0 Å². The van der Waals surface area contributed by atoms with Gasteiger partial charge in [0.1, 0.15) is 42.4 Å². The third kappa shape index (κ3) is 2.63. The van der Waals surface area contributed by atoms with Crippen LogP contribution in [0.1, 0.15) is 11.9 Å². The fourth-order valence-corrected chi connectivity index (χ4v) is 3.93. The molecule has 0 unspecified atom stereocenters. The van der Waals surface area contributed by atoms with E-state index < -0.39 is 17.8 Å². The van der Waals surface area contributed by atoms with E-state index in [9.17, 15) is 13.2 Å². The van der Waals surface area contributed by atoms with Gasteiger partial charge in [0.05, 0.1) is 23.8 Å². The number of imidazole rings is 1. The zero-order valence-electron chi connectivity index (χ0n) is 14.9. The molecule has 4 heterocycles. The second-order valence-corrected chi connectivity index (χ2v) is 7.12. The Morgan fingerprint density at radius 3 is 2.82 bits per heavy atom. The quantitative estimate of drug-likeness (QED) is 0.540. The molecule has 28 heavy (non-hydrogen) atoms. The predicted octanol–water partition coefficient (Wildman–Crippen LogP) is 2.49. The maximum atomic E-state index is 14.9. The Hall–Kier alpha value is -3.01. The van der Waals surface area contributed by atoms with Crippen molar-refractivity contribution >= 4 is 21.9 Å². The maximum absolute atomic E-state index is 14.9. The molecule has 1 fully saturated rings. The number of hydrogen-bond donors (Lipinski definition) is 0. The van der Waals surface area contributed by atoms with Crippen LogP contribution >= 0.6 is 0 Å². The van der Waals surface area contributed by atoms with Crippen LogP contribution in [-0.2, 0) is 6.54 Å². The summed E-state index contributed by atoms with van der Waals surface area (Å²) in [5, 5.41) is 4.51. The molecule has 144 valence electrons. The van der Waals surface area contributed by atoms with Gasteiger partial charge in [0.15, 0.2) is 0 Å². The summed E-state index contributed by atoms with van der Waals surface area (Å²) in [5.41, 5.74) is 1.43. The monoisotopic (exact) mass is 387 g/mol. The van der Waals surface area contributed by atoms with Crippen LogP contribution in [0.2, 0.25) is 0 Å². The number of likely N-dealkylation sites (N-methyl/N-ethyl adjacent to an activating group) is 1. The molecule has 4 aromatic rings. The average Bonchev–Trinajstić information content (AvgIpc) is 3.32. The largest absolute Gasteiger partial charge is 0.315 e. The van der Waals surface area contributed by atoms with Gasteiger partial charge < -0.3 is 4.57 Å². The summed E-state index contributed by atoms with van der Waals surface area (Å²) in [6, 6.07) is 3.03. The Morgan fingerprint density at radius 2 is 2.11 bits per heavy atom. The molecule has 7 nitrogen and oxygen atoms in total. The molecule has 1 aliphatic heterocycles. The average molecular weight is 387 g/mol. The van der Waals surface area contributed by atoms with Crippen LogP contribution in [0, 0.1) is 5.82 Å². The maximum Gasteiger partial charge on any atom is 0.282 e. The normalized spacial score (nSPS) is 19.8. The molecule has 0 bridgehead atoms. The predicted molar refractivity (Wildman–Crippen MR) is 95.6 cm³/mol. The van der Waals surface area contributed by atoms with Crippen molar-refractivity contribution in [2.24, 2.45) is 0 Å². The van der Waals surface area contributed by atoms with E-state index in [1.165, 1.54) is 46.3 Å². The number of fused-ring (bicyclic) bond motifs is 3. The summed E-state index contributed by atoms with van der Waals surface area (Å²) in [6.45, 7) is -0.0266. The molecule has 0 N–H and O–H groups in total. The molecule has 1 atom stereocenters. The Labute approximate surface area is 157 Å². The molecule has 1 saturated heterocycles. The number of likely N-dealkylation sites (tertiary alicyclic amines) is 1. The lowest BCUT2D eigenvalue weighted by Gasteiger charge is -2.22. The highest BCUT2D eigenvalue weighted by Crippen LogP contribution is 2.40. The Bertz CT molecular complexity index is 1170. The zero-order valence-corrected chi connectivity index (χ0v) is 14.9. The third-order valence-electron chi connectivity index (χ3n) is 5.09. The number of nitrogens with zero attached hydrogens (tertiary/aromatic N) is 7. The fourth-order valence-electron chi connectivity index (χ4n) is 3.93. The molecule has 3 aromatic heterocycles. The molecule has 10 heteroatoms. The van der Waals surface area contributed by atoms with Gasteiger partial charge in [-0.3, -0.25) is 9.88 Å². The second-order valence-electron chi connectivity index (χ2n) is 7.12. The molecule has 0 aliphatic carbocycles. The minimum absolute atomic E-state index is 0.155. The highest BCUT2D eigenvalue weighted by atomic mass is 19.3. The van der Waals surface area contributed by atoms with E-state index in [0.29, 0.717) is 27.8 Å². The SMILES string of the molecule is CN1C[C@@H](n2c(Cn3cncn3)nc3cnc4ccc(F)cc4c32)C(F)(F)C1. The first-order chi connectivity index (χ1) is 13.4. The van der Waals surface area contributed by atoms with Crippen molar-refractivity contribution < 1.29 is 13.2 Å². The van der Waals surface area contributed by atoms with E-state index in [2.05, 4.69) is 20.1 Å². The molecule has 5 rings (SSSR count). The minimum atomic E-state index is -2.96. The number of pyridine rings is 1. The second kappa shape index (κ2) is 5.99. The third-order valence-corrected chi connectivity index (χ3v) is 5.09. The van der Waals surface area contributed by atoms with Crippen molar-refractivity contribution in [2.45, 2.75) is 18.5 Å². The van der Waals surface area contributed by atoms with Gasteiger partial charge in [-0.25, -0.2) is 27.8 Å². The number of aromatic nitrogens is 6. The zero-order chi connectivity index (χ0) is 19.5. The number of halogens is 3. The lowest BCUT2D eigenvalue weighted by Crippen LogP contribution is -2.31. The van der Waals surface area contributed by atoms with Crippen molar-refractivity contribution in [1.82, 2.24) is 34.2 Å². The standard InChI is InChI=1S/C18H16F3N7/c1-26-6-15(18(20,21)8-26)28-16(7-27-10-22-9-24-27)25-14-5-23-13-3-2-11(19)4-12(13)17(14)28/h2-5,9-10,15H,6-8H2,1H3/t15-/m1/s1. The van der Waals surface area contributed by atoms with E-state index in [0.717, 1.165) is 0 Å². The summed E-state index contributed by atoms with van der Waals surface area (Å²) in [5.74, 6) is -3.01. The van der Waals surface area contributed by atoms with Crippen LogP contribution in [0.15, 0.2) is 37.1 Å². The number of benzene rings is 1. The van der Waals surface area contributed by atoms with Gasteiger partial charge in [-0.1, -0.05) is 0 Å². The molecule has 0 saturated carbocycles. The van der Waals surface area contributed by atoms with Gasteiger partial charge in [0, 0.05) is 11.9 Å². The molecule has 0 amide bonds. The van der Waals surface area contributed by atoms with Gasteiger partial charge in [-0.05, 0) is 25.2 Å². The van der Waals surface area contributed by atoms with Gasteiger partial charge in [-0.2, -0.15) is 5.10 Å². The number of rotatable bonds is 3. The van der Waals surface area contributed by atoms with Crippen LogP contribution < -0.4 is 0 Å². The number of alkyl halides is 2. The van der Waals surface area contributed by atoms with Crippen molar-refractivity contribution in [3.8, 4) is 0 Å². The van der Waals surface area contributed by atoms with Gasteiger partial charge in [0.25, 0.3) is 5.92 Å². The summed E-state index contributed by atoms with van der Waals surface area (Å²) in [4.78, 5) is 14.3. The number of hydrogen-bond acceptors (Lipinski definition) is 5. The first-order valence-corrected chi connectivity index (χ1v) is 8.76. The Kier molecular flexibility index (Phi) is 3.66. The Morgan fingerprint density at radius 1 is 1.25 bits per heavy atom. The van der Waals surface area contributed by atoms with E-state index in [1.54, 1.807) is 11.9 Å². The van der Waals surface area contributed by atoms with Gasteiger partial charge >= 0.3 is 0 Å². The highest BCUT2D eigenvalue weighted by Gasteiger charge is 2.49. The van der Waals surface area contributed by atoms with Crippen LogP contribution in [-0.4, -0.2) is 60.3 Å². The lowest BCUT2D eigenvalue weighted by atomic mass is 10.1. The molecule has 0 spiro atoms. The first kappa shape index (κ1) is 17.1. The minimum Gasteiger partial charge on any atom is -0.315 e. The lowest BCUT2D eigenvalue weighted by molar-refractivity contribution is -0.0202. The van der Waals surface area contributed by atoms with Crippen LogP contribution in [0.5, 0.6) is 0 Å². The molecule has 1 aliphatic rings. The van der Waals surface area contributed by atoms with Gasteiger partial charge in [-0.15, -0.1) is 0 Å². The van der Waals surface area contributed by atoms with Crippen molar-refractivity contribution in [2.75, 3.05) is 20.1 Å². The summed E-state index contributed by atoms with van der Waals surface area (Å²) < 4.78 is 46.8. The molecule has 0 radical (unpaired) electrons. The topological polar surface area (TPSA) is 64.7 Å². The van der Waals surface area contributed by atoms with Crippen LogP contribution in [0.4, 0.5) is 13.2 Å². The smallest absolute Gasteiger partial charge is 0.282 e.